The Morgan fingerprint density at radius 2 is 1.97 bits per heavy atom. The molecule has 0 radical (unpaired) electrons. The molecule has 4 heterocycles. The number of piperidine rings is 1. The van der Waals surface area contributed by atoms with Crippen LogP contribution in [0.3, 0.4) is 0 Å². The standard InChI is InChI=1S/C26H22ClFN6O2/c1-2-23(35)33-12-4-5-18(15-33)34-25-19(13-29-14-20(25)27)24(32-34)16-8-10-17(11-9-16)26(36)31-22-7-3-6-21(28)30-22/h2-3,6-11,13-14,18H,1,4-5,12,15H2,(H,30,31,36)/t18-/m1/s1. The second kappa shape index (κ2) is 9.87. The lowest BCUT2D eigenvalue weighted by Crippen LogP contribution is -2.40. The molecule has 36 heavy (non-hydrogen) atoms. The quantitative estimate of drug-likeness (QED) is 0.308. The molecule has 0 bridgehead atoms. The van der Waals surface area contributed by atoms with Gasteiger partial charge in [-0.05, 0) is 43.2 Å². The molecule has 182 valence electrons. The van der Waals surface area contributed by atoms with Gasteiger partial charge in [0.2, 0.25) is 11.9 Å². The summed E-state index contributed by atoms with van der Waals surface area (Å²) in [4.78, 5) is 34.5. The molecule has 1 aliphatic heterocycles. The Labute approximate surface area is 211 Å². The first-order chi connectivity index (χ1) is 17.4. The van der Waals surface area contributed by atoms with Gasteiger partial charge in [0.25, 0.3) is 5.91 Å². The van der Waals surface area contributed by atoms with E-state index in [1.165, 1.54) is 24.3 Å². The van der Waals surface area contributed by atoms with E-state index in [9.17, 15) is 14.0 Å². The van der Waals surface area contributed by atoms with Crippen LogP contribution < -0.4 is 5.32 Å². The van der Waals surface area contributed by atoms with Crippen molar-refractivity contribution >= 4 is 40.1 Å². The van der Waals surface area contributed by atoms with Gasteiger partial charge < -0.3 is 10.2 Å². The maximum Gasteiger partial charge on any atom is 0.256 e. The summed E-state index contributed by atoms with van der Waals surface area (Å²) in [6.07, 6.45) is 6.31. The van der Waals surface area contributed by atoms with Crippen LogP contribution in [-0.4, -0.2) is 49.6 Å². The van der Waals surface area contributed by atoms with Gasteiger partial charge >= 0.3 is 0 Å². The van der Waals surface area contributed by atoms with Crippen molar-refractivity contribution in [2.24, 2.45) is 0 Å². The molecule has 0 saturated carbocycles. The van der Waals surface area contributed by atoms with Gasteiger partial charge in [0.05, 0.1) is 16.6 Å². The summed E-state index contributed by atoms with van der Waals surface area (Å²) in [6, 6.07) is 11.0. The summed E-state index contributed by atoms with van der Waals surface area (Å²) in [5, 5.41) is 8.72. The molecule has 1 aliphatic rings. The van der Waals surface area contributed by atoms with Crippen molar-refractivity contribution < 1.29 is 14.0 Å². The van der Waals surface area contributed by atoms with Crippen molar-refractivity contribution in [3.8, 4) is 11.3 Å². The zero-order valence-electron chi connectivity index (χ0n) is 19.2. The van der Waals surface area contributed by atoms with E-state index in [2.05, 4.69) is 21.9 Å². The maximum atomic E-state index is 13.3. The lowest BCUT2D eigenvalue weighted by atomic mass is 10.1. The molecule has 0 aliphatic carbocycles. The van der Waals surface area contributed by atoms with Gasteiger partial charge in [-0.3, -0.25) is 19.3 Å². The molecular weight excluding hydrogens is 483 g/mol. The van der Waals surface area contributed by atoms with E-state index in [4.69, 9.17) is 16.7 Å². The summed E-state index contributed by atoms with van der Waals surface area (Å²) in [6.45, 7) is 4.78. The SMILES string of the molecule is C=CC(=O)N1CCC[C@@H](n2nc(-c3ccc(C(=O)Nc4cccc(F)n4)cc3)c3cncc(Cl)c32)C1. The van der Waals surface area contributed by atoms with E-state index in [1.54, 1.807) is 41.6 Å². The van der Waals surface area contributed by atoms with E-state index in [1.807, 2.05) is 4.68 Å². The zero-order valence-corrected chi connectivity index (χ0v) is 20.0. The number of pyridine rings is 2. The van der Waals surface area contributed by atoms with Gasteiger partial charge in [0, 0.05) is 42.0 Å². The Bertz CT molecular complexity index is 1470. The molecule has 1 fully saturated rings. The molecule has 1 N–H and O–H groups in total. The number of rotatable bonds is 5. The number of hydrogen-bond donors (Lipinski definition) is 1. The third-order valence-corrected chi connectivity index (χ3v) is 6.45. The highest BCUT2D eigenvalue weighted by atomic mass is 35.5. The number of carbonyl (C=O) groups is 2. The summed E-state index contributed by atoms with van der Waals surface area (Å²) >= 11 is 6.56. The number of aromatic nitrogens is 4. The smallest absolute Gasteiger partial charge is 0.256 e. The van der Waals surface area contributed by atoms with E-state index in [0.29, 0.717) is 29.4 Å². The molecular formula is C26H22ClFN6O2. The highest BCUT2D eigenvalue weighted by molar-refractivity contribution is 6.35. The zero-order chi connectivity index (χ0) is 25.2. The number of anilines is 1. The summed E-state index contributed by atoms with van der Waals surface area (Å²) < 4.78 is 15.2. The minimum atomic E-state index is -0.673. The Morgan fingerprint density at radius 1 is 1.17 bits per heavy atom. The van der Waals surface area contributed by atoms with Crippen molar-refractivity contribution in [3.05, 3.63) is 84.0 Å². The van der Waals surface area contributed by atoms with Gasteiger partial charge in [-0.25, -0.2) is 4.98 Å². The predicted octanol–water partition coefficient (Wildman–Crippen LogP) is 4.89. The number of amides is 2. The van der Waals surface area contributed by atoms with Gasteiger partial charge in [-0.1, -0.05) is 36.4 Å². The largest absolute Gasteiger partial charge is 0.337 e. The fourth-order valence-electron chi connectivity index (χ4n) is 4.45. The van der Waals surface area contributed by atoms with Crippen molar-refractivity contribution in [1.29, 1.82) is 0 Å². The Balaban J connectivity index is 1.46. The Hall–Kier alpha value is -4.11. The number of benzene rings is 1. The molecule has 2 amide bonds. The molecule has 4 aromatic rings. The van der Waals surface area contributed by atoms with Gasteiger partial charge in [0.15, 0.2) is 0 Å². The minimum absolute atomic E-state index is 0.0531. The highest BCUT2D eigenvalue weighted by Gasteiger charge is 2.27. The molecule has 3 aromatic heterocycles. The normalized spacial score (nSPS) is 15.6. The number of likely N-dealkylation sites (tertiary alicyclic amines) is 1. The van der Waals surface area contributed by atoms with Crippen molar-refractivity contribution in [3.63, 3.8) is 0 Å². The van der Waals surface area contributed by atoms with Crippen LogP contribution in [0.25, 0.3) is 22.2 Å². The number of fused-ring (bicyclic) bond motifs is 1. The molecule has 1 saturated heterocycles. The molecule has 1 aromatic carbocycles. The van der Waals surface area contributed by atoms with Gasteiger partial charge in [0.1, 0.15) is 11.5 Å². The number of hydrogen-bond acceptors (Lipinski definition) is 5. The summed E-state index contributed by atoms with van der Waals surface area (Å²) in [7, 11) is 0. The van der Waals surface area contributed by atoms with Crippen molar-refractivity contribution in [1.82, 2.24) is 24.6 Å². The van der Waals surface area contributed by atoms with E-state index in [-0.39, 0.29) is 17.8 Å². The van der Waals surface area contributed by atoms with Crippen molar-refractivity contribution in [2.45, 2.75) is 18.9 Å². The van der Waals surface area contributed by atoms with Crippen LogP contribution in [0.2, 0.25) is 5.02 Å². The molecule has 10 heteroatoms. The van der Waals surface area contributed by atoms with Crippen molar-refractivity contribution in [2.75, 3.05) is 18.4 Å². The topological polar surface area (TPSA) is 93.0 Å². The lowest BCUT2D eigenvalue weighted by Gasteiger charge is -2.32. The highest BCUT2D eigenvalue weighted by Crippen LogP contribution is 2.35. The summed E-state index contributed by atoms with van der Waals surface area (Å²) in [5.74, 6) is -1.06. The van der Waals surface area contributed by atoms with Gasteiger partial charge in [-0.15, -0.1) is 0 Å². The monoisotopic (exact) mass is 504 g/mol. The average Bonchev–Trinajstić information content (AvgIpc) is 3.29. The first-order valence-corrected chi connectivity index (χ1v) is 11.8. The Kier molecular flexibility index (Phi) is 6.47. The molecule has 0 spiro atoms. The molecule has 0 unspecified atom stereocenters. The molecule has 5 rings (SSSR count). The minimum Gasteiger partial charge on any atom is -0.337 e. The van der Waals surface area contributed by atoms with Crippen LogP contribution in [0.1, 0.15) is 29.2 Å². The summed E-state index contributed by atoms with van der Waals surface area (Å²) in [5.41, 5.74) is 2.58. The van der Waals surface area contributed by atoms with Crippen LogP contribution in [0, 0.1) is 5.95 Å². The van der Waals surface area contributed by atoms with Crippen LogP contribution in [-0.2, 0) is 4.79 Å². The van der Waals surface area contributed by atoms with Gasteiger partial charge in [-0.2, -0.15) is 9.49 Å². The number of nitrogens with one attached hydrogen (secondary N) is 1. The third-order valence-electron chi connectivity index (χ3n) is 6.17. The number of carbonyl (C=O) groups excluding carboxylic acids is 2. The second-order valence-electron chi connectivity index (χ2n) is 8.47. The first-order valence-electron chi connectivity index (χ1n) is 11.4. The molecule has 8 nitrogen and oxygen atoms in total. The molecule has 1 atom stereocenters. The maximum absolute atomic E-state index is 13.3. The van der Waals surface area contributed by atoms with Crippen LogP contribution in [0.15, 0.2) is 67.5 Å². The number of nitrogens with zero attached hydrogens (tertiary/aromatic N) is 5. The van der Waals surface area contributed by atoms with E-state index in [0.717, 1.165) is 29.3 Å². The van der Waals surface area contributed by atoms with Crippen LogP contribution in [0.5, 0.6) is 0 Å². The van der Waals surface area contributed by atoms with Crippen LogP contribution >= 0.6 is 11.6 Å². The number of halogens is 2. The fourth-order valence-corrected chi connectivity index (χ4v) is 4.70. The van der Waals surface area contributed by atoms with E-state index < -0.39 is 11.9 Å². The average molecular weight is 505 g/mol. The Morgan fingerprint density at radius 3 is 2.72 bits per heavy atom. The third kappa shape index (κ3) is 4.57. The lowest BCUT2D eigenvalue weighted by molar-refractivity contribution is -0.127. The fraction of sp³-hybridized carbons (Fsp3) is 0.192. The van der Waals surface area contributed by atoms with E-state index >= 15 is 0 Å². The second-order valence-corrected chi connectivity index (χ2v) is 8.88. The van der Waals surface area contributed by atoms with Crippen LogP contribution in [0.4, 0.5) is 10.2 Å². The first kappa shape index (κ1) is 23.6. The predicted molar refractivity (Wildman–Crippen MR) is 135 cm³/mol.